The molecule has 2 aromatic rings. The molecular formula is C17H26O. The Morgan fingerprint density at radius 3 is 0.500 bits per heavy atom. The normalized spacial score (nSPS) is 6.22. The minimum atomic E-state index is 2.00. The Morgan fingerprint density at radius 1 is 0.389 bits per heavy atom. The van der Waals surface area contributed by atoms with Gasteiger partial charge in [0.15, 0.2) is 0 Å². The van der Waals surface area contributed by atoms with E-state index in [9.17, 15) is 0 Å². The van der Waals surface area contributed by atoms with Crippen molar-refractivity contribution in [3.05, 3.63) is 72.8 Å². The molecule has 1 heteroatoms. The van der Waals surface area contributed by atoms with Crippen molar-refractivity contribution in [1.82, 2.24) is 0 Å². The van der Waals surface area contributed by atoms with E-state index in [4.69, 9.17) is 4.79 Å². The maximum atomic E-state index is 8.00. The van der Waals surface area contributed by atoms with Crippen molar-refractivity contribution in [3.8, 4) is 0 Å². The average Bonchev–Trinajstić information content (AvgIpc) is 2.57. The zero-order valence-electron chi connectivity index (χ0n) is 12.0. The summed E-state index contributed by atoms with van der Waals surface area (Å²) in [5, 5.41) is 0. The van der Waals surface area contributed by atoms with Crippen molar-refractivity contribution in [2.24, 2.45) is 0 Å². The Labute approximate surface area is 112 Å². The number of carbonyl (C=O) groups is 1. The Hall–Kier alpha value is -1.89. The van der Waals surface area contributed by atoms with Gasteiger partial charge in [0.25, 0.3) is 0 Å². The Balaban J connectivity index is -0.000000178. The quantitative estimate of drug-likeness (QED) is 0.621. The molecule has 0 saturated carbocycles. The van der Waals surface area contributed by atoms with Crippen LogP contribution in [0.15, 0.2) is 72.8 Å². The summed E-state index contributed by atoms with van der Waals surface area (Å²) in [6.07, 6.45) is 0. The van der Waals surface area contributed by atoms with Crippen LogP contribution in [0, 0.1) is 0 Å². The molecule has 0 aliphatic rings. The first kappa shape index (κ1) is 21.4. The molecule has 0 aromatic heterocycles. The number of benzene rings is 2. The highest BCUT2D eigenvalue weighted by Gasteiger charge is 1.58. The van der Waals surface area contributed by atoms with Crippen LogP contribution in [-0.2, 0) is 4.79 Å². The van der Waals surface area contributed by atoms with E-state index in [0.29, 0.717) is 0 Å². The van der Waals surface area contributed by atoms with Gasteiger partial charge >= 0.3 is 0 Å². The van der Waals surface area contributed by atoms with Crippen molar-refractivity contribution in [2.75, 3.05) is 0 Å². The van der Waals surface area contributed by atoms with Crippen LogP contribution in [0.2, 0.25) is 0 Å². The first-order valence-corrected chi connectivity index (χ1v) is 6.29. The fourth-order valence-electron chi connectivity index (χ4n) is 0.770. The lowest BCUT2D eigenvalue weighted by Crippen LogP contribution is -1.47. The average molecular weight is 246 g/mol. The number of rotatable bonds is 0. The summed E-state index contributed by atoms with van der Waals surface area (Å²) in [6.45, 7) is 10.0. The van der Waals surface area contributed by atoms with Gasteiger partial charge in [0.05, 0.1) is 0 Å². The van der Waals surface area contributed by atoms with E-state index in [2.05, 4.69) is 0 Å². The molecule has 0 radical (unpaired) electrons. The highest BCUT2D eigenvalue weighted by molar-refractivity contribution is 5.11. The number of hydrogen-bond donors (Lipinski definition) is 0. The van der Waals surface area contributed by atoms with Crippen LogP contribution in [0.1, 0.15) is 27.7 Å². The van der Waals surface area contributed by atoms with Crippen molar-refractivity contribution in [1.29, 1.82) is 0 Å². The van der Waals surface area contributed by atoms with E-state index in [1.807, 2.05) is 107 Å². The predicted molar refractivity (Wildman–Crippen MR) is 82.7 cm³/mol. The van der Waals surface area contributed by atoms with Gasteiger partial charge in [-0.15, -0.1) is 0 Å². The first-order valence-electron chi connectivity index (χ1n) is 6.29. The van der Waals surface area contributed by atoms with Crippen molar-refractivity contribution in [2.45, 2.75) is 27.7 Å². The maximum absolute atomic E-state index is 8.00. The third-order valence-electron chi connectivity index (χ3n) is 1.33. The van der Waals surface area contributed by atoms with Crippen LogP contribution in [0.25, 0.3) is 0 Å². The predicted octanol–water partition coefficient (Wildman–Crippen LogP) is 5.24. The largest absolute Gasteiger partial charge is 0.307 e. The second-order valence-corrected chi connectivity index (χ2v) is 2.31. The topological polar surface area (TPSA) is 17.1 Å². The summed E-state index contributed by atoms with van der Waals surface area (Å²) in [7, 11) is 0. The van der Waals surface area contributed by atoms with E-state index >= 15 is 0 Å². The molecule has 0 heterocycles. The van der Waals surface area contributed by atoms with E-state index in [1.54, 1.807) is 0 Å². The lowest BCUT2D eigenvalue weighted by Gasteiger charge is -1.69. The summed E-state index contributed by atoms with van der Waals surface area (Å²) < 4.78 is 0. The molecule has 0 amide bonds. The summed E-state index contributed by atoms with van der Waals surface area (Å²) >= 11 is 0. The SMILES string of the molecule is C=O.CC.CC.c1ccccc1.c1ccccc1. The summed E-state index contributed by atoms with van der Waals surface area (Å²) in [4.78, 5) is 8.00. The van der Waals surface area contributed by atoms with Gasteiger partial charge in [-0.25, -0.2) is 0 Å². The first-order chi connectivity index (χ1) is 9.00. The molecule has 0 aliphatic carbocycles. The molecule has 0 spiro atoms. The van der Waals surface area contributed by atoms with Crippen LogP contribution in [0.5, 0.6) is 0 Å². The summed E-state index contributed by atoms with van der Waals surface area (Å²) in [5.74, 6) is 0. The molecule has 0 N–H and O–H groups in total. The molecular weight excluding hydrogens is 220 g/mol. The third-order valence-corrected chi connectivity index (χ3v) is 1.33. The standard InChI is InChI=1S/2C6H6.2C2H6.CH2O/c2*1-2-4-6-5-3-1;3*1-2/h2*1-6H;2*1-2H3;1H2. The zero-order chi connectivity index (χ0) is 14.5. The molecule has 0 bridgehead atoms. The summed E-state index contributed by atoms with van der Waals surface area (Å²) in [6, 6.07) is 24.0. The fourth-order valence-corrected chi connectivity index (χ4v) is 0.770. The molecule has 0 atom stereocenters. The van der Waals surface area contributed by atoms with E-state index in [-0.39, 0.29) is 0 Å². The third kappa shape index (κ3) is 23.7. The minimum Gasteiger partial charge on any atom is -0.307 e. The number of hydrogen-bond acceptors (Lipinski definition) is 1. The van der Waals surface area contributed by atoms with Crippen LogP contribution >= 0.6 is 0 Å². The van der Waals surface area contributed by atoms with Gasteiger partial charge in [-0.2, -0.15) is 0 Å². The molecule has 0 fully saturated rings. The molecule has 2 aromatic carbocycles. The van der Waals surface area contributed by atoms with Crippen LogP contribution in [0.4, 0.5) is 0 Å². The highest BCUT2D eigenvalue weighted by Crippen LogP contribution is 1.80. The molecule has 2 rings (SSSR count). The van der Waals surface area contributed by atoms with Crippen LogP contribution < -0.4 is 0 Å². The summed E-state index contributed by atoms with van der Waals surface area (Å²) in [5.41, 5.74) is 0. The second-order valence-electron chi connectivity index (χ2n) is 2.31. The lowest BCUT2D eigenvalue weighted by molar-refractivity contribution is -0.0979. The van der Waals surface area contributed by atoms with Gasteiger partial charge < -0.3 is 4.79 Å². The Kier molecular flexibility index (Phi) is 35.0. The zero-order valence-corrected chi connectivity index (χ0v) is 12.0. The molecule has 0 saturated heterocycles. The molecule has 1 nitrogen and oxygen atoms in total. The molecule has 0 unspecified atom stereocenters. The van der Waals surface area contributed by atoms with Gasteiger partial charge in [-0.3, -0.25) is 0 Å². The maximum Gasteiger partial charge on any atom is 0.106 e. The molecule has 100 valence electrons. The molecule has 18 heavy (non-hydrogen) atoms. The monoisotopic (exact) mass is 246 g/mol. The second kappa shape index (κ2) is 29.4. The Bertz CT molecular complexity index is 194. The van der Waals surface area contributed by atoms with Crippen LogP contribution in [-0.4, -0.2) is 6.79 Å². The van der Waals surface area contributed by atoms with Crippen molar-refractivity contribution < 1.29 is 4.79 Å². The van der Waals surface area contributed by atoms with E-state index in [0.717, 1.165) is 0 Å². The van der Waals surface area contributed by atoms with Crippen LogP contribution in [0.3, 0.4) is 0 Å². The fraction of sp³-hybridized carbons (Fsp3) is 0.235. The molecule has 0 aliphatic heterocycles. The van der Waals surface area contributed by atoms with Gasteiger partial charge in [0.2, 0.25) is 0 Å². The lowest BCUT2D eigenvalue weighted by atomic mass is 10.4. The van der Waals surface area contributed by atoms with Crippen molar-refractivity contribution in [3.63, 3.8) is 0 Å². The van der Waals surface area contributed by atoms with Gasteiger partial charge in [0, 0.05) is 0 Å². The van der Waals surface area contributed by atoms with Crippen molar-refractivity contribution >= 4 is 6.79 Å². The smallest absolute Gasteiger partial charge is 0.106 e. The van der Waals surface area contributed by atoms with Gasteiger partial charge in [-0.1, -0.05) is 100 Å². The van der Waals surface area contributed by atoms with E-state index in [1.165, 1.54) is 0 Å². The highest BCUT2D eigenvalue weighted by atomic mass is 16.1. The van der Waals surface area contributed by atoms with E-state index < -0.39 is 0 Å². The Morgan fingerprint density at radius 2 is 0.444 bits per heavy atom. The number of carbonyl (C=O) groups excluding carboxylic acids is 1. The minimum absolute atomic E-state index is 2.00. The van der Waals surface area contributed by atoms with Gasteiger partial charge in [-0.05, 0) is 0 Å². The van der Waals surface area contributed by atoms with Gasteiger partial charge in [0.1, 0.15) is 6.79 Å².